The largest absolute Gasteiger partial charge is 0.476 e. The first-order valence-corrected chi connectivity index (χ1v) is 9.46. The van der Waals surface area contributed by atoms with Crippen molar-refractivity contribution >= 4 is 29.0 Å². The van der Waals surface area contributed by atoms with Crippen LogP contribution in [0.1, 0.15) is 22.3 Å². The molecule has 0 atom stereocenters. The normalized spacial score (nSPS) is 13.1. The highest BCUT2D eigenvalue weighted by Crippen LogP contribution is 2.36. The molecule has 4 rings (SSSR count). The van der Waals surface area contributed by atoms with E-state index in [4.69, 9.17) is 4.74 Å². The number of nitrogens with zero attached hydrogens (tertiary/aromatic N) is 4. The average Bonchev–Trinajstić information content (AvgIpc) is 3.16. The van der Waals surface area contributed by atoms with Gasteiger partial charge in [-0.2, -0.15) is 23.3 Å². The SMILES string of the molecule is CONC(=O)c1ccccc1Nc1nc(Nc2cnn3c2OCCC3)ncc1C(F)(F)F. The van der Waals surface area contributed by atoms with Gasteiger partial charge in [0.05, 0.1) is 31.2 Å². The van der Waals surface area contributed by atoms with Crippen molar-refractivity contribution in [1.82, 2.24) is 25.2 Å². The van der Waals surface area contributed by atoms with Gasteiger partial charge >= 0.3 is 6.18 Å². The minimum absolute atomic E-state index is 0.0645. The summed E-state index contributed by atoms with van der Waals surface area (Å²) in [5.74, 6) is -0.824. The Morgan fingerprint density at radius 1 is 1.19 bits per heavy atom. The molecule has 0 spiro atoms. The van der Waals surface area contributed by atoms with Gasteiger partial charge in [-0.3, -0.25) is 9.63 Å². The van der Waals surface area contributed by atoms with Crippen LogP contribution in [0, 0.1) is 0 Å². The number of aryl methyl sites for hydroxylation is 1. The molecule has 3 aromatic rings. The zero-order valence-electron chi connectivity index (χ0n) is 16.7. The van der Waals surface area contributed by atoms with E-state index >= 15 is 0 Å². The smallest absolute Gasteiger partial charge is 0.421 e. The summed E-state index contributed by atoms with van der Waals surface area (Å²) in [7, 11) is 1.25. The molecule has 1 aliphatic rings. The number of anilines is 4. The summed E-state index contributed by atoms with van der Waals surface area (Å²) in [6.07, 6.45) is -1.79. The fraction of sp³-hybridized carbons (Fsp3) is 0.263. The van der Waals surface area contributed by atoms with Gasteiger partial charge in [0.2, 0.25) is 11.8 Å². The molecule has 0 fully saturated rings. The lowest BCUT2D eigenvalue weighted by Crippen LogP contribution is -2.23. The van der Waals surface area contributed by atoms with Crippen molar-refractivity contribution in [3.05, 3.63) is 47.8 Å². The molecule has 1 aliphatic heterocycles. The number of hydrogen-bond acceptors (Lipinski definition) is 8. The Hall–Kier alpha value is -3.87. The molecule has 168 valence electrons. The molecule has 1 aromatic carbocycles. The molecule has 0 aliphatic carbocycles. The second-order valence-corrected chi connectivity index (χ2v) is 6.67. The molecule has 0 bridgehead atoms. The number of carbonyl (C=O) groups is 1. The molecule has 13 heteroatoms. The second kappa shape index (κ2) is 8.70. The van der Waals surface area contributed by atoms with Crippen LogP contribution in [0.3, 0.4) is 0 Å². The number of aromatic nitrogens is 4. The number of nitrogens with one attached hydrogen (secondary N) is 3. The number of halogens is 3. The number of ether oxygens (including phenoxy) is 1. The zero-order chi connectivity index (χ0) is 22.7. The lowest BCUT2D eigenvalue weighted by molar-refractivity contribution is -0.137. The average molecular weight is 449 g/mol. The van der Waals surface area contributed by atoms with E-state index in [1.165, 1.54) is 25.4 Å². The van der Waals surface area contributed by atoms with Gasteiger partial charge in [0.1, 0.15) is 17.1 Å². The van der Waals surface area contributed by atoms with E-state index in [0.29, 0.717) is 30.9 Å². The zero-order valence-corrected chi connectivity index (χ0v) is 16.7. The van der Waals surface area contributed by atoms with Gasteiger partial charge in [-0.15, -0.1) is 0 Å². The van der Waals surface area contributed by atoms with Crippen molar-refractivity contribution in [1.29, 1.82) is 0 Å². The summed E-state index contributed by atoms with van der Waals surface area (Å²) in [6, 6.07) is 6.01. The van der Waals surface area contributed by atoms with Crippen molar-refractivity contribution in [3.8, 4) is 5.88 Å². The van der Waals surface area contributed by atoms with Crippen LogP contribution in [0.2, 0.25) is 0 Å². The first-order chi connectivity index (χ1) is 15.4. The molecule has 1 amide bonds. The molecular formula is C19H18F3N7O3. The summed E-state index contributed by atoms with van der Waals surface area (Å²) >= 11 is 0. The molecular weight excluding hydrogens is 431 g/mol. The van der Waals surface area contributed by atoms with Gasteiger partial charge in [0.15, 0.2) is 0 Å². The number of para-hydroxylation sites is 1. The maximum Gasteiger partial charge on any atom is 0.421 e. The molecule has 0 saturated carbocycles. The van der Waals surface area contributed by atoms with Crippen molar-refractivity contribution < 1.29 is 27.5 Å². The Labute approximate surface area is 179 Å². The third-order valence-corrected chi connectivity index (χ3v) is 4.50. The Bertz CT molecular complexity index is 1130. The summed E-state index contributed by atoms with van der Waals surface area (Å²) in [5.41, 5.74) is 1.63. The molecule has 3 N–H and O–H groups in total. The highest BCUT2D eigenvalue weighted by molar-refractivity contribution is 5.99. The van der Waals surface area contributed by atoms with Gasteiger partial charge in [-0.1, -0.05) is 12.1 Å². The third kappa shape index (κ3) is 4.42. The van der Waals surface area contributed by atoms with E-state index in [1.807, 2.05) is 0 Å². The first kappa shape index (κ1) is 21.4. The monoisotopic (exact) mass is 449 g/mol. The molecule has 2 aromatic heterocycles. The Kier molecular flexibility index (Phi) is 5.81. The summed E-state index contributed by atoms with van der Waals surface area (Å²) in [6.45, 7) is 1.17. The van der Waals surface area contributed by atoms with Gasteiger partial charge in [0, 0.05) is 19.2 Å². The number of hydrogen-bond donors (Lipinski definition) is 3. The number of benzene rings is 1. The maximum atomic E-state index is 13.6. The van der Waals surface area contributed by atoms with Crippen LogP contribution in [0.5, 0.6) is 5.88 Å². The molecule has 0 saturated heterocycles. The highest BCUT2D eigenvalue weighted by Gasteiger charge is 2.36. The highest BCUT2D eigenvalue weighted by atomic mass is 19.4. The predicted molar refractivity (Wildman–Crippen MR) is 107 cm³/mol. The topological polar surface area (TPSA) is 115 Å². The van der Waals surface area contributed by atoms with E-state index in [0.717, 1.165) is 6.42 Å². The first-order valence-electron chi connectivity index (χ1n) is 9.46. The van der Waals surface area contributed by atoms with Crippen LogP contribution in [0.15, 0.2) is 36.7 Å². The molecule has 3 heterocycles. The van der Waals surface area contributed by atoms with E-state index in [9.17, 15) is 18.0 Å². The fourth-order valence-electron chi connectivity index (χ4n) is 3.09. The summed E-state index contributed by atoms with van der Waals surface area (Å²) < 4.78 is 48.0. The standard InChI is InChI=1S/C19H18F3N7O3/c1-31-28-16(30)11-5-2-3-6-13(11)25-15-12(19(20,21)22)9-23-18(27-15)26-14-10-24-29-7-4-8-32-17(14)29/h2-3,5-6,9-10H,4,7-8H2,1H3,(H,28,30)(H2,23,25,26,27). The minimum atomic E-state index is -4.73. The number of fused-ring (bicyclic) bond motifs is 1. The van der Waals surface area contributed by atoms with Crippen molar-refractivity contribution in [2.75, 3.05) is 24.4 Å². The number of hydroxylamine groups is 1. The molecule has 0 unspecified atom stereocenters. The van der Waals surface area contributed by atoms with Crippen molar-refractivity contribution in [2.24, 2.45) is 0 Å². The Morgan fingerprint density at radius 3 is 2.78 bits per heavy atom. The third-order valence-electron chi connectivity index (χ3n) is 4.50. The number of alkyl halides is 3. The maximum absolute atomic E-state index is 13.6. The van der Waals surface area contributed by atoms with Gasteiger partial charge in [-0.25, -0.2) is 15.1 Å². The molecule has 32 heavy (non-hydrogen) atoms. The van der Waals surface area contributed by atoms with Gasteiger partial charge in [-0.05, 0) is 12.1 Å². The fourth-order valence-corrected chi connectivity index (χ4v) is 3.09. The predicted octanol–water partition coefficient (Wildman–Crippen LogP) is 3.25. The number of carbonyl (C=O) groups excluding carboxylic acids is 1. The lowest BCUT2D eigenvalue weighted by atomic mass is 10.1. The van der Waals surface area contributed by atoms with Gasteiger partial charge in [0.25, 0.3) is 5.91 Å². The van der Waals surface area contributed by atoms with Crippen LogP contribution in [-0.4, -0.2) is 39.4 Å². The van der Waals surface area contributed by atoms with E-state index < -0.39 is 23.5 Å². The van der Waals surface area contributed by atoms with Crippen LogP contribution < -0.4 is 20.9 Å². The molecule has 10 nitrogen and oxygen atoms in total. The number of rotatable bonds is 6. The van der Waals surface area contributed by atoms with Crippen LogP contribution >= 0.6 is 0 Å². The molecule has 0 radical (unpaired) electrons. The second-order valence-electron chi connectivity index (χ2n) is 6.67. The van der Waals surface area contributed by atoms with Crippen molar-refractivity contribution in [3.63, 3.8) is 0 Å². The Balaban J connectivity index is 1.68. The van der Waals surface area contributed by atoms with Crippen LogP contribution in [0.25, 0.3) is 0 Å². The van der Waals surface area contributed by atoms with Gasteiger partial charge < -0.3 is 15.4 Å². The van der Waals surface area contributed by atoms with E-state index in [-0.39, 0.29) is 17.2 Å². The van der Waals surface area contributed by atoms with Crippen molar-refractivity contribution in [2.45, 2.75) is 19.1 Å². The van der Waals surface area contributed by atoms with E-state index in [2.05, 4.69) is 36.0 Å². The van der Waals surface area contributed by atoms with Crippen LogP contribution in [0.4, 0.5) is 36.3 Å². The number of amides is 1. The summed E-state index contributed by atoms with van der Waals surface area (Å²) in [5, 5.41) is 9.60. The van der Waals surface area contributed by atoms with E-state index in [1.54, 1.807) is 16.8 Å². The van der Waals surface area contributed by atoms with Crippen LogP contribution in [-0.2, 0) is 17.6 Å². The minimum Gasteiger partial charge on any atom is -0.476 e. The summed E-state index contributed by atoms with van der Waals surface area (Å²) in [4.78, 5) is 24.6. The lowest BCUT2D eigenvalue weighted by Gasteiger charge is -2.18. The quantitative estimate of drug-likeness (QED) is 0.492. The Morgan fingerprint density at radius 2 is 2.00 bits per heavy atom.